The summed E-state index contributed by atoms with van der Waals surface area (Å²) in [4.78, 5) is 43.5. The van der Waals surface area contributed by atoms with Gasteiger partial charge in [-0.3, -0.25) is 19.1 Å². The van der Waals surface area contributed by atoms with Crippen LogP contribution in [0.2, 0.25) is 0 Å². The van der Waals surface area contributed by atoms with Crippen LogP contribution in [-0.2, 0) is 17.9 Å². The fourth-order valence-corrected chi connectivity index (χ4v) is 3.76. The quantitative estimate of drug-likeness (QED) is 0.665. The number of thiazole rings is 1. The van der Waals surface area contributed by atoms with Crippen molar-refractivity contribution in [2.24, 2.45) is 0 Å². The van der Waals surface area contributed by atoms with Gasteiger partial charge in [-0.25, -0.2) is 14.3 Å². The highest BCUT2D eigenvalue weighted by Gasteiger charge is 2.21. The van der Waals surface area contributed by atoms with E-state index in [4.69, 9.17) is 5.26 Å². The molecule has 1 aromatic carbocycles. The summed E-state index contributed by atoms with van der Waals surface area (Å²) in [6, 6.07) is 9.30. The maximum Gasteiger partial charge on any atom is 0.331 e. The number of carbonyl (C=O) groups is 1. The lowest BCUT2D eigenvalue weighted by Gasteiger charge is -2.18. The Hall–Kier alpha value is -3.25. The molecule has 0 N–H and O–H groups in total. The largest absolute Gasteiger partial charge is 0.331 e. The first-order valence-corrected chi connectivity index (χ1v) is 9.22. The van der Waals surface area contributed by atoms with E-state index in [2.05, 4.69) is 4.98 Å². The van der Waals surface area contributed by atoms with Gasteiger partial charge >= 0.3 is 5.69 Å². The third-order valence-corrected chi connectivity index (χ3v) is 5.18. The van der Waals surface area contributed by atoms with Crippen molar-refractivity contribution in [3.8, 4) is 6.07 Å². The smallest absolute Gasteiger partial charge is 0.299 e. The van der Waals surface area contributed by atoms with Crippen LogP contribution in [0, 0.1) is 11.3 Å². The van der Waals surface area contributed by atoms with Crippen LogP contribution in [0.1, 0.15) is 19.4 Å². The van der Waals surface area contributed by atoms with Gasteiger partial charge in [0.05, 0.1) is 10.2 Å². The van der Waals surface area contributed by atoms with E-state index in [1.165, 1.54) is 27.0 Å². The van der Waals surface area contributed by atoms with Crippen LogP contribution in [0.15, 0.2) is 40.1 Å². The molecule has 0 radical (unpaired) electrons. The number of hydrogen-bond acceptors (Lipinski definition) is 6. The number of nitrogens with zero attached hydrogens (tertiary/aromatic N) is 5. The van der Waals surface area contributed by atoms with Crippen LogP contribution in [-0.4, -0.2) is 26.6 Å². The topological polar surface area (TPSA) is 101 Å². The Morgan fingerprint density at radius 1 is 1.30 bits per heavy atom. The monoisotopic (exact) mass is 383 g/mol. The molecule has 3 rings (SSSR count). The van der Waals surface area contributed by atoms with Crippen molar-refractivity contribution in [1.29, 1.82) is 5.26 Å². The number of likely N-dealkylation sites (N-methyl/N-ethyl adjacent to an activating group) is 1. The number of rotatable bonds is 5. The highest BCUT2D eigenvalue weighted by atomic mass is 32.1. The Labute approximate surface area is 158 Å². The number of aromatic nitrogens is 3. The third-order valence-electron chi connectivity index (χ3n) is 4.12. The highest BCUT2D eigenvalue weighted by Crippen LogP contribution is 2.28. The van der Waals surface area contributed by atoms with Gasteiger partial charge in [-0.2, -0.15) is 5.26 Å². The maximum atomic E-state index is 12.8. The van der Waals surface area contributed by atoms with E-state index in [0.29, 0.717) is 11.7 Å². The normalized spacial score (nSPS) is 10.7. The number of para-hydroxylation sites is 1. The summed E-state index contributed by atoms with van der Waals surface area (Å²) in [6.07, 6.45) is 1.22. The van der Waals surface area contributed by atoms with Crippen LogP contribution < -0.4 is 16.1 Å². The number of amides is 1. The van der Waals surface area contributed by atoms with Crippen LogP contribution in [0.3, 0.4) is 0 Å². The molecule has 3 aromatic rings. The highest BCUT2D eigenvalue weighted by molar-refractivity contribution is 7.22. The number of fused-ring (bicyclic) bond motifs is 1. The minimum atomic E-state index is -0.763. The van der Waals surface area contributed by atoms with Gasteiger partial charge in [-0.1, -0.05) is 23.5 Å². The first-order chi connectivity index (χ1) is 13.0. The van der Waals surface area contributed by atoms with E-state index in [1.54, 1.807) is 19.9 Å². The van der Waals surface area contributed by atoms with Gasteiger partial charge in [0.2, 0.25) is 5.91 Å². The lowest BCUT2D eigenvalue weighted by molar-refractivity contribution is -0.119. The van der Waals surface area contributed by atoms with Crippen LogP contribution in [0.5, 0.6) is 0 Å². The summed E-state index contributed by atoms with van der Waals surface area (Å²) in [5, 5.41) is 9.62. The van der Waals surface area contributed by atoms with Gasteiger partial charge in [-0.05, 0) is 26.0 Å². The van der Waals surface area contributed by atoms with Crippen molar-refractivity contribution < 1.29 is 4.79 Å². The molecule has 8 nitrogen and oxygen atoms in total. The minimum Gasteiger partial charge on any atom is -0.299 e. The number of carbonyl (C=O) groups excluding carboxylic acids is 1. The molecule has 2 aromatic heterocycles. The molecule has 2 heterocycles. The Kier molecular flexibility index (Phi) is 5.19. The summed E-state index contributed by atoms with van der Waals surface area (Å²) < 4.78 is 2.98. The van der Waals surface area contributed by atoms with E-state index < -0.39 is 23.7 Å². The van der Waals surface area contributed by atoms with Crippen molar-refractivity contribution >= 4 is 32.6 Å². The van der Waals surface area contributed by atoms with E-state index in [0.717, 1.165) is 14.8 Å². The molecular formula is C18H17N5O3S. The number of hydrogen-bond donors (Lipinski definition) is 0. The first kappa shape index (κ1) is 18.5. The molecule has 9 heteroatoms. The van der Waals surface area contributed by atoms with E-state index in [9.17, 15) is 14.4 Å². The van der Waals surface area contributed by atoms with E-state index >= 15 is 0 Å². The van der Waals surface area contributed by atoms with Gasteiger partial charge in [0.1, 0.15) is 18.2 Å². The molecule has 0 unspecified atom stereocenters. The van der Waals surface area contributed by atoms with Crippen molar-refractivity contribution in [3.05, 3.63) is 56.9 Å². The van der Waals surface area contributed by atoms with Gasteiger partial charge in [0.15, 0.2) is 5.13 Å². The van der Waals surface area contributed by atoms with Crippen molar-refractivity contribution in [2.45, 2.75) is 26.9 Å². The fraction of sp³-hybridized carbons (Fsp3) is 0.278. The predicted octanol–water partition coefficient (Wildman–Crippen LogP) is 1.56. The van der Waals surface area contributed by atoms with E-state index in [-0.39, 0.29) is 12.1 Å². The Bertz CT molecular complexity index is 1140. The average molecular weight is 383 g/mol. The SMILES string of the molecule is CCN(C(=O)Cn1c(=O)c(C#N)cn(CC)c1=O)c1nc2ccccc2s1. The average Bonchev–Trinajstić information content (AvgIpc) is 3.09. The first-order valence-electron chi connectivity index (χ1n) is 8.40. The lowest BCUT2D eigenvalue weighted by Crippen LogP contribution is -2.45. The molecule has 0 aliphatic heterocycles. The molecular weight excluding hydrogens is 366 g/mol. The molecule has 138 valence electrons. The lowest BCUT2D eigenvalue weighted by atomic mass is 10.3. The van der Waals surface area contributed by atoms with Gasteiger partial charge in [-0.15, -0.1) is 0 Å². The summed E-state index contributed by atoms with van der Waals surface area (Å²) in [6.45, 7) is 3.70. The van der Waals surface area contributed by atoms with Crippen molar-refractivity contribution in [2.75, 3.05) is 11.4 Å². The summed E-state index contributed by atoms with van der Waals surface area (Å²) in [7, 11) is 0. The Balaban J connectivity index is 2.00. The number of nitriles is 1. The molecule has 0 spiro atoms. The summed E-state index contributed by atoms with van der Waals surface area (Å²) >= 11 is 1.36. The molecule has 0 atom stereocenters. The molecule has 0 fully saturated rings. The zero-order valence-corrected chi connectivity index (χ0v) is 15.7. The molecule has 0 aliphatic rings. The zero-order chi connectivity index (χ0) is 19.6. The summed E-state index contributed by atoms with van der Waals surface area (Å²) in [5.74, 6) is -0.437. The Morgan fingerprint density at radius 3 is 2.67 bits per heavy atom. The maximum absolute atomic E-state index is 12.8. The van der Waals surface area contributed by atoms with Crippen molar-refractivity contribution in [1.82, 2.24) is 14.1 Å². The molecule has 0 aliphatic carbocycles. The second-order valence-corrected chi connectivity index (χ2v) is 6.73. The molecule has 27 heavy (non-hydrogen) atoms. The van der Waals surface area contributed by atoms with Gasteiger partial charge in [0.25, 0.3) is 5.56 Å². The number of benzene rings is 1. The van der Waals surface area contributed by atoms with Crippen molar-refractivity contribution in [3.63, 3.8) is 0 Å². The van der Waals surface area contributed by atoms with Gasteiger partial charge < -0.3 is 0 Å². The predicted molar refractivity (Wildman–Crippen MR) is 103 cm³/mol. The third kappa shape index (κ3) is 3.39. The Morgan fingerprint density at radius 2 is 2.04 bits per heavy atom. The molecule has 0 saturated carbocycles. The van der Waals surface area contributed by atoms with Crippen LogP contribution in [0.4, 0.5) is 5.13 Å². The van der Waals surface area contributed by atoms with E-state index in [1.807, 2.05) is 24.3 Å². The molecule has 1 amide bonds. The number of aryl methyl sites for hydroxylation is 1. The second-order valence-electron chi connectivity index (χ2n) is 5.72. The fourth-order valence-electron chi connectivity index (χ4n) is 2.71. The molecule has 0 saturated heterocycles. The standard InChI is InChI=1S/C18H17N5O3S/c1-3-21-10-12(9-19)16(25)23(18(21)26)11-15(24)22(4-2)17-20-13-7-5-6-8-14(13)27-17/h5-8,10H,3-4,11H2,1-2H3. The van der Waals surface area contributed by atoms with Crippen LogP contribution >= 0.6 is 11.3 Å². The second kappa shape index (κ2) is 7.55. The van der Waals surface area contributed by atoms with Gasteiger partial charge in [0, 0.05) is 19.3 Å². The minimum absolute atomic E-state index is 0.174. The zero-order valence-electron chi connectivity index (χ0n) is 14.9. The number of anilines is 1. The molecule has 0 bridgehead atoms. The summed E-state index contributed by atoms with van der Waals surface area (Å²) in [5.41, 5.74) is -0.774. The van der Waals surface area contributed by atoms with Crippen LogP contribution in [0.25, 0.3) is 10.2 Å².